The molecule has 0 bridgehead atoms. The smallest absolute Gasteiger partial charge is 0.290 e. The lowest BCUT2D eigenvalue weighted by atomic mass is 9.91. The highest BCUT2D eigenvalue weighted by molar-refractivity contribution is 6.01. The molecule has 2 aromatic carbocycles. The van der Waals surface area contributed by atoms with Crippen molar-refractivity contribution < 1.29 is 9.59 Å². The number of rotatable bonds is 5. The lowest BCUT2D eigenvalue weighted by molar-refractivity contribution is -0.133. The van der Waals surface area contributed by atoms with Crippen LogP contribution in [-0.2, 0) is 17.8 Å². The molecule has 0 saturated heterocycles. The summed E-state index contributed by atoms with van der Waals surface area (Å²) in [5, 5.41) is 3.28. The highest BCUT2D eigenvalue weighted by Crippen LogP contribution is 2.31. The highest BCUT2D eigenvalue weighted by atomic mass is 16.2. The van der Waals surface area contributed by atoms with E-state index in [2.05, 4.69) is 22.4 Å². The Hall–Kier alpha value is -3.15. The Labute approximate surface area is 188 Å². The lowest BCUT2D eigenvalue weighted by Gasteiger charge is -2.44. The minimum atomic E-state index is -0.972. The fourth-order valence-corrected chi connectivity index (χ4v) is 5.15. The molecule has 1 saturated carbocycles. The molecule has 1 aliphatic heterocycles. The van der Waals surface area contributed by atoms with Crippen LogP contribution in [0, 0.1) is 0 Å². The predicted octanol–water partition coefficient (Wildman–Crippen LogP) is 3.94. The SMILES string of the molecule is C[C@@]1(C(=O)NC2CCCCC2)Cn2c(nc3ccccc32)C(=O)N1CCc1ccccc1. The van der Waals surface area contributed by atoms with Gasteiger partial charge in [0.05, 0.1) is 17.6 Å². The molecular formula is C26H30N4O2. The van der Waals surface area contributed by atoms with Crippen LogP contribution in [0.25, 0.3) is 11.0 Å². The number of nitrogens with one attached hydrogen (secondary N) is 1. The molecule has 1 aromatic heterocycles. The number of aromatic nitrogens is 2. The number of carbonyl (C=O) groups is 2. The summed E-state index contributed by atoms with van der Waals surface area (Å²) in [5.74, 6) is 0.182. The summed E-state index contributed by atoms with van der Waals surface area (Å²) in [7, 11) is 0. The van der Waals surface area contributed by atoms with E-state index in [9.17, 15) is 9.59 Å². The Kier molecular flexibility index (Phi) is 5.45. The van der Waals surface area contributed by atoms with Gasteiger partial charge < -0.3 is 14.8 Å². The van der Waals surface area contributed by atoms with Crippen LogP contribution in [0.1, 0.15) is 55.2 Å². The molecule has 6 nitrogen and oxygen atoms in total. The summed E-state index contributed by atoms with van der Waals surface area (Å²) >= 11 is 0. The highest BCUT2D eigenvalue weighted by Gasteiger charge is 2.48. The van der Waals surface area contributed by atoms with E-state index in [1.54, 1.807) is 4.90 Å². The standard InChI is InChI=1S/C26H30N4O2/c1-26(25(32)27-20-12-6-3-7-13-20)18-29-22-15-9-8-14-21(22)28-23(29)24(31)30(26)17-16-19-10-4-2-5-11-19/h2,4-5,8-11,14-15,20H,3,6-7,12-13,16-18H2,1H3,(H,27,32)/t26-/m0/s1. The summed E-state index contributed by atoms with van der Waals surface area (Å²) in [6.45, 7) is 2.79. The van der Waals surface area contributed by atoms with Gasteiger partial charge in [0, 0.05) is 12.6 Å². The molecule has 1 fully saturated rings. The molecule has 1 aliphatic carbocycles. The summed E-state index contributed by atoms with van der Waals surface area (Å²) in [5.41, 5.74) is 1.86. The monoisotopic (exact) mass is 430 g/mol. The third-order valence-corrected chi connectivity index (χ3v) is 7.05. The number of benzene rings is 2. The van der Waals surface area contributed by atoms with Gasteiger partial charge in [0.25, 0.3) is 5.91 Å². The van der Waals surface area contributed by atoms with Crippen LogP contribution in [0.3, 0.4) is 0 Å². The molecule has 2 amide bonds. The minimum Gasteiger partial charge on any atom is -0.351 e. The van der Waals surface area contributed by atoms with E-state index in [0.29, 0.717) is 25.3 Å². The van der Waals surface area contributed by atoms with Gasteiger partial charge in [-0.2, -0.15) is 0 Å². The first-order valence-electron chi connectivity index (χ1n) is 11.7. The van der Waals surface area contributed by atoms with Crippen LogP contribution >= 0.6 is 0 Å². The molecule has 3 aromatic rings. The third-order valence-electron chi connectivity index (χ3n) is 7.05. The van der Waals surface area contributed by atoms with Crippen LogP contribution < -0.4 is 5.32 Å². The number of amides is 2. The number of fused-ring (bicyclic) bond motifs is 3. The zero-order valence-electron chi connectivity index (χ0n) is 18.6. The Morgan fingerprint density at radius 1 is 1.06 bits per heavy atom. The second-order valence-corrected chi connectivity index (χ2v) is 9.28. The first-order valence-corrected chi connectivity index (χ1v) is 11.7. The summed E-state index contributed by atoms with van der Waals surface area (Å²) in [6, 6.07) is 18.1. The molecular weight excluding hydrogens is 400 g/mol. The Balaban J connectivity index is 1.49. The Bertz CT molecular complexity index is 1130. The second-order valence-electron chi connectivity index (χ2n) is 9.28. The largest absolute Gasteiger partial charge is 0.351 e. The maximum Gasteiger partial charge on any atom is 0.290 e. The molecule has 0 radical (unpaired) electrons. The number of carbonyl (C=O) groups excluding carboxylic acids is 2. The van der Waals surface area contributed by atoms with E-state index in [4.69, 9.17) is 0 Å². The quantitative estimate of drug-likeness (QED) is 0.667. The number of hydrogen-bond acceptors (Lipinski definition) is 3. The first-order chi connectivity index (χ1) is 15.6. The molecule has 1 atom stereocenters. The molecule has 6 heteroatoms. The van der Waals surface area contributed by atoms with Gasteiger partial charge in [-0.1, -0.05) is 61.7 Å². The van der Waals surface area contributed by atoms with Gasteiger partial charge >= 0.3 is 0 Å². The second kappa shape index (κ2) is 8.41. The number of imidazole rings is 1. The van der Waals surface area contributed by atoms with E-state index in [0.717, 1.165) is 42.3 Å². The van der Waals surface area contributed by atoms with Crippen LogP contribution in [0.5, 0.6) is 0 Å². The minimum absolute atomic E-state index is 0.0609. The lowest BCUT2D eigenvalue weighted by Crippen LogP contribution is -2.65. The van der Waals surface area contributed by atoms with Crippen LogP contribution in [0.2, 0.25) is 0 Å². The van der Waals surface area contributed by atoms with Crippen molar-refractivity contribution in [1.82, 2.24) is 19.8 Å². The third kappa shape index (κ3) is 3.68. The van der Waals surface area contributed by atoms with Gasteiger partial charge in [0.1, 0.15) is 5.54 Å². The average Bonchev–Trinajstić information content (AvgIpc) is 3.19. The van der Waals surface area contributed by atoms with Gasteiger partial charge in [0.2, 0.25) is 5.91 Å². The van der Waals surface area contributed by atoms with E-state index >= 15 is 0 Å². The molecule has 0 spiro atoms. The molecule has 166 valence electrons. The zero-order valence-corrected chi connectivity index (χ0v) is 18.6. The normalized spacial score (nSPS) is 21.5. The summed E-state index contributed by atoms with van der Waals surface area (Å²) < 4.78 is 1.93. The predicted molar refractivity (Wildman–Crippen MR) is 124 cm³/mol. The van der Waals surface area contributed by atoms with Gasteiger partial charge in [-0.15, -0.1) is 0 Å². The van der Waals surface area contributed by atoms with E-state index in [-0.39, 0.29) is 17.9 Å². The molecule has 2 aliphatic rings. The Morgan fingerprint density at radius 2 is 1.78 bits per heavy atom. The van der Waals surface area contributed by atoms with Crippen molar-refractivity contribution >= 4 is 22.8 Å². The van der Waals surface area contributed by atoms with Crippen molar-refractivity contribution in [1.29, 1.82) is 0 Å². The molecule has 0 unspecified atom stereocenters. The Morgan fingerprint density at radius 3 is 2.56 bits per heavy atom. The van der Waals surface area contributed by atoms with E-state index in [1.807, 2.05) is 54.0 Å². The zero-order chi connectivity index (χ0) is 22.1. The maximum atomic E-state index is 13.7. The van der Waals surface area contributed by atoms with E-state index < -0.39 is 5.54 Å². The number of hydrogen-bond donors (Lipinski definition) is 1. The number of para-hydroxylation sites is 2. The van der Waals surface area contributed by atoms with Gasteiger partial charge in [0.15, 0.2) is 5.82 Å². The van der Waals surface area contributed by atoms with Gasteiger partial charge in [-0.05, 0) is 43.9 Å². The summed E-state index contributed by atoms with van der Waals surface area (Å²) in [4.78, 5) is 33.7. The topological polar surface area (TPSA) is 67.2 Å². The molecule has 5 rings (SSSR count). The van der Waals surface area contributed by atoms with Crippen molar-refractivity contribution in [2.24, 2.45) is 0 Å². The van der Waals surface area contributed by atoms with Crippen molar-refractivity contribution in [2.75, 3.05) is 6.54 Å². The maximum absolute atomic E-state index is 13.7. The van der Waals surface area contributed by atoms with Crippen molar-refractivity contribution in [3.8, 4) is 0 Å². The fourth-order valence-electron chi connectivity index (χ4n) is 5.15. The van der Waals surface area contributed by atoms with Crippen molar-refractivity contribution in [3.05, 3.63) is 66.0 Å². The van der Waals surface area contributed by atoms with Crippen molar-refractivity contribution in [3.63, 3.8) is 0 Å². The average molecular weight is 431 g/mol. The van der Waals surface area contributed by atoms with Crippen LogP contribution in [0.4, 0.5) is 0 Å². The van der Waals surface area contributed by atoms with Crippen LogP contribution in [0.15, 0.2) is 54.6 Å². The first kappa shape index (κ1) is 20.7. The van der Waals surface area contributed by atoms with Crippen molar-refractivity contribution in [2.45, 2.75) is 63.6 Å². The van der Waals surface area contributed by atoms with Gasteiger partial charge in [-0.25, -0.2) is 4.98 Å². The summed E-state index contributed by atoms with van der Waals surface area (Å²) in [6.07, 6.45) is 6.25. The number of nitrogens with zero attached hydrogens (tertiary/aromatic N) is 3. The van der Waals surface area contributed by atoms with E-state index in [1.165, 1.54) is 6.42 Å². The fraction of sp³-hybridized carbons (Fsp3) is 0.423. The molecule has 1 N–H and O–H groups in total. The van der Waals surface area contributed by atoms with Crippen LogP contribution in [-0.4, -0.2) is 44.4 Å². The molecule has 2 heterocycles. The van der Waals surface area contributed by atoms with Gasteiger partial charge in [-0.3, -0.25) is 9.59 Å². The molecule has 32 heavy (non-hydrogen) atoms.